The Morgan fingerprint density at radius 1 is 1.39 bits per heavy atom. The molecular weight excluding hydrogens is 231 g/mol. The van der Waals surface area contributed by atoms with Gasteiger partial charge in [0.1, 0.15) is 11.5 Å². The minimum atomic E-state index is -0.289. The summed E-state index contributed by atoms with van der Waals surface area (Å²) in [6.45, 7) is 6.60. The lowest BCUT2D eigenvalue weighted by atomic mass is 10.2. The molecule has 96 valence electrons. The first-order valence-electron chi connectivity index (χ1n) is 5.97. The second kappa shape index (κ2) is 5.27. The van der Waals surface area contributed by atoms with Gasteiger partial charge in [0, 0.05) is 12.6 Å². The molecule has 0 unspecified atom stereocenters. The van der Waals surface area contributed by atoms with Gasteiger partial charge >= 0.3 is 0 Å². The predicted molar refractivity (Wildman–Crippen MR) is 68.0 cm³/mol. The van der Waals surface area contributed by atoms with Gasteiger partial charge in [0.25, 0.3) is 0 Å². The summed E-state index contributed by atoms with van der Waals surface area (Å²) >= 11 is 0. The molecule has 0 saturated heterocycles. The Morgan fingerprint density at radius 2 is 2.17 bits per heavy atom. The first kappa shape index (κ1) is 12.7. The lowest BCUT2D eigenvalue weighted by Crippen LogP contribution is -2.21. The summed E-state index contributed by atoms with van der Waals surface area (Å²) < 4.78 is 15.2. The second-order valence-corrected chi connectivity index (χ2v) is 4.64. The lowest BCUT2D eigenvalue weighted by Gasteiger charge is -2.04. The van der Waals surface area contributed by atoms with Crippen LogP contribution in [0.4, 0.5) is 4.39 Å². The number of nitrogens with one attached hydrogen (secondary N) is 1. The van der Waals surface area contributed by atoms with Crippen molar-refractivity contribution in [3.63, 3.8) is 0 Å². The van der Waals surface area contributed by atoms with E-state index in [0.29, 0.717) is 18.3 Å². The van der Waals surface area contributed by atoms with Crippen LogP contribution >= 0.6 is 0 Å². The Morgan fingerprint density at radius 3 is 2.83 bits per heavy atom. The van der Waals surface area contributed by atoms with Crippen LogP contribution in [0, 0.1) is 12.7 Å². The molecule has 0 bridgehead atoms. The van der Waals surface area contributed by atoms with Crippen LogP contribution in [0.15, 0.2) is 24.4 Å². The smallest absolute Gasteiger partial charge is 0.149 e. The zero-order valence-corrected chi connectivity index (χ0v) is 10.8. The molecule has 0 amide bonds. The van der Waals surface area contributed by atoms with Gasteiger partial charge in [-0.05, 0) is 24.6 Å². The highest BCUT2D eigenvalue weighted by atomic mass is 19.1. The summed E-state index contributed by atoms with van der Waals surface area (Å²) in [5.41, 5.74) is 2.10. The SMILES string of the molecule is Cc1ccc(-n2cc(CNC(C)C)nn2)c(F)c1. The van der Waals surface area contributed by atoms with E-state index in [0.717, 1.165) is 11.3 Å². The fraction of sp³-hybridized carbons (Fsp3) is 0.385. The highest BCUT2D eigenvalue weighted by Gasteiger charge is 2.08. The number of hydrogen-bond donors (Lipinski definition) is 1. The van der Waals surface area contributed by atoms with E-state index in [1.54, 1.807) is 12.3 Å². The van der Waals surface area contributed by atoms with E-state index in [1.165, 1.54) is 10.7 Å². The summed E-state index contributed by atoms with van der Waals surface area (Å²) in [5.74, 6) is -0.289. The Bertz CT molecular complexity index is 534. The van der Waals surface area contributed by atoms with E-state index in [9.17, 15) is 4.39 Å². The molecule has 0 spiro atoms. The average Bonchev–Trinajstić information content (AvgIpc) is 2.75. The molecule has 1 aromatic carbocycles. The first-order chi connectivity index (χ1) is 8.56. The molecule has 18 heavy (non-hydrogen) atoms. The largest absolute Gasteiger partial charge is 0.309 e. The van der Waals surface area contributed by atoms with Crippen molar-refractivity contribution in [2.75, 3.05) is 0 Å². The maximum atomic E-state index is 13.8. The minimum absolute atomic E-state index is 0.289. The lowest BCUT2D eigenvalue weighted by molar-refractivity contribution is 0.580. The molecule has 0 aliphatic heterocycles. The van der Waals surface area contributed by atoms with Crippen LogP contribution in [0.2, 0.25) is 0 Å². The maximum Gasteiger partial charge on any atom is 0.149 e. The summed E-state index contributed by atoms with van der Waals surface area (Å²) in [6.07, 6.45) is 1.74. The van der Waals surface area contributed by atoms with Gasteiger partial charge < -0.3 is 5.32 Å². The molecule has 1 N–H and O–H groups in total. The highest BCUT2D eigenvalue weighted by molar-refractivity contribution is 5.35. The van der Waals surface area contributed by atoms with E-state index < -0.39 is 0 Å². The summed E-state index contributed by atoms with van der Waals surface area (Å²) in [5, 5.41) is 11.2. The van der Waals surface area contributed by atoms with Gasteiger partial charge in [0.15, 0.2) is 0 Å². The highest BCUT2D eigenvalue weighted by Crippen LogP contribution is 2.14. The zero-order chi connectivity index (χ0) is 13.1. The molecule has 0 aliphatic rings. The topological polar surface area (TPSA) is 42.7 Å². The molecule has 0 atom stereocenters. The average molecular weight is 248 g/mol. The molecule has 2 rings (SSSR count). The van der Waals surface area contributed by atoms with Crippen molar-refractivity contribution < 1.29 is 4.39 Å². The fourth-order valence-corrected chi connectivity index (χ4v) is 1.60. The van der Waals surface area contributed by atoms with Crippen molar-refractivity contribution in [2.45, 2.75) is 33.4 Å². The van der Waals surface area contributed by atoms with E-state index in [1.807, 2.05) is 13.0 Å². The Kier molecular flexibility index (Phi) is 3.72. The Labute approximate surface area is 106 Å². The summed E-state index contributed by atoms with van der Waals surface area (Å²) in [7, 11) is 0. The van der Waals surface area contributed by atoms with Crippen LogP contribution in [0.25, 0.3) is 5.69 Å². The van der Waals surface area contributed by atoms with Crippen molar-refractivity contribution in [2.24, 2.45) is 0 Å². The quantitative estimate of drug-likeness (QED) is 0.902. The Hall–Kier alpha value is -1.75. The van der Waals surface area contributed by atoms with E-state index in [-0.39, 0.29) is 5.82 Å². The Balaban J connectivity index is 2.18. The van der Waals surface area contributed by atoms with Gasteiger partial charge in [-0.1, -0.05) is 25.1 Å². The minimum Gasteiger partial charge on any atom is -0.309 e. The van der Waals surface area contributed by atoms with Crippen LogP contribution < -0.4 is 5.32 Å². The van der Waals surface area contributed by atoms with Gasteiger partial charge in [0.05, 0.1) is 11.9 Å². The van der Waals surface area contributed by atoms with Crippen LogP contribution in [-0.4, -0.2) is 21.0 Å². The van der Waals surface area contributed by atoms with Crippen LogP contribution in [0.3, 0.4) is 0 Å². The van der Waals surface area contributed by atoms with Gasteiger partial charge in [-0.15, -0.1) is 5.10 Å². The van der Waals surface area contributed by atoms with Crippen LogP contribution in [0.5, 0.6) is 0 Å². The van der Waals surface area contributed by atoms with Crippen LogP contribution in [-0.2, 0) is 6.54 Å². The molecule has 0 aliphatic carbocycles. The molecule has 2 aromatic rings. The molecule has 0 fully saturated rings. The number of halogens is 1. The van der Waals surface area contributed by atoms with Crippen molar-refractivity contribution in [1.29, 1.82) is 0 Å². The van der Waals surface area contributed by atoms with Gasteiger partial charge in [0.2, 0.25) is 0 Å². The molecule has 0 saturated carbocycles. The number of nitrogens with zero attached hydrogens (tertiary/aromatic N) is 3. The summed E-state index contributed by atoms with van der Waals surface area (Å²) in [4.78, 5) is 0. The third-order valence-electron chi connectivity index (χ3n) is 2.58. The van der Waals surface area contributed by atoms with E-state index in [2.05, 4.69) is 29.5 Å². The fourth-order valence-electron chi connectivity index (χ4n) is 1.60. The number of aromatic nitrogens is 3. The molecular formula is C13H17FN4. The second-order valence-electron chi connectivity index (χ2n) is 4.64. The van der Waals surface area contributed by atoms with E-state index >= 15 is 0 Å². The van der Waals surface area contributed by atoms with Crippen molar-refractivity contribution in [3.8, 4) is 5.69 Å². The molecule has 1 heterocycles. The monoisotopic (exact) mass is 248 g/mol. The third-order valence-corrected chi connectivity index (χ3v) is 2.58. The summed E-state index contributed by atoms with van der Waals surface area (Å²) in [6, 6.07) is 5.43. The van der Waals surface area contributed by atoms with Gasteiger partial charge in [-0.3, -0.25) is 0 Å². The number of rotatable bonds is 4. The number of hydrogen-bond acceptors (Lipinski definition) is 3. The van der Waals surface area contributed by atoms with Gasteiger partial charge in [-0.2, -0.15) is 0 Å². The standard InChI is InChI=1S/C13H17FN4/c1-9(2)15-7-11-8-18(17-16-11)13-5-4-10(3)6-12(13)14/h4-6,8-9,15H,7H2,1-3H3. The molecule has 0 radical (unpaired) electrons. The van der Waals surface area contributed by atoms with Crippen molar-refractivity contribution in [3.05, 3.63) is 41.5 Å². The zero-order valence-electron chi connectivity index (χ0n) is 10.8. The molecule has 5 heteroatoms. The molecule has 4 nitrogen and oxygen atoms in total. The van der Waals surface area contributed by atoms with Crippen molar-refractivity contribution in [1.82, 2.24) is 20.3 Å². The van der Waals surface area contributed by atoms with E-state index in [4.69, 9.17) is 0 Å². The number of aryl methyl sites for hydroxylation is 1. The van der Waals surface area contributed by atoms with Gasteiger partial charge in [-0.25, -0.2) is 9.07 Å². The molecule has 1 aromatic heterocycles. The number of benzene rings is 1. The van der Waals surface area contributed by atoms with Crippen LogP contribution in [0.1, 0.15) is 25.1 Å². The maximum absolute atomic E-state index is 13.8. The normalized spacial score (nSPS) is 11.2. The first-order valence-corrected chi connectivity index (χ1v) is 5.97. The predicted octanol–water partition coefficient (Wildman–Crippen LogP) is 2.21. The van der Waals surface area contributed by atoms with Crippen molar-refractivity contribution >= 4 is 0 Å². The third kappa shape index (κ3) is 2.92.